The fourth-order valence-electron chi connectivity index (χ4n) is 4.09. The van der Waals surface area contributed by atoms with Crippen molar-refractivity contribution in [2.45, 2.75) is 18.6 Å². The summed E-state index contributed by atoms with van der Waals surface area (Å²) in [6, 6.07) is 25.7. The number of para-hydroxylation sites is 1. The molecule has 0 spiro atoms. The van der Waals surface area contributed by atoms with Gasteiger partial charge in [0, 0.05) is 11.3 Å². The topological polar surface area (TPSA) is 21.3 Å². The molecule has 5 rings (SSSR count). The lowest BCUT2D eigenvalue weighted by Crippen LogP contribution is -2.39. The van der Waals surface area contributed by atoms with E-state index in [1.165, 1.54) is 22.3 Å². The first kappa shape index (κ1) is 12.8. The highest BCUT2D eigenvalue weighted by molar-refractivity contribution is 5.73. The van der Waals surface area contributed by atoms with Crippen molar-refractivity contribution in [2.24, 2.45) is 0 Å². The molecule has 2 aliphatic heterocycles. The first-order valence-corrected chi connectivity index (χ1v) is 7.99. The molecule has 23 heavy (non-hydrogen) atoms. The number of benzene rings is 3. The standard InChI is InChI=1S/C21H17NO/c1-14-11-12-19-17(13-14)21(15-7-3-2-4-8-15)16-9-5-6-10-18(16)22-20(21)23-19/h2-13,20,22H,1H3/t20-,21-/m0/s1. The van der Waals surface area contributed by atoms with Crippen LogP contribution in [-0.2, 0) is 5.41 Å². The average molecular weight is 299 g/mol. The maximum absolute atomic E-state index is 6.32. The number of hydrogen-bond acceptors (Lipinski definition) is 2. The lowest BCUT2D eigenvalue weighted by Gasteiger charge is -2.29. The van der Waals surface area contributed by atoms with Gasteiger partial charge in [-0.3, -0.25) is 0 Å². The molecule has 3 aromatic rings. The molecule has 0 radical (unpaired) electrons. The monoisotopic (exact) mass is 299 g/mol. The molecule has 2 heterocycles. The van der Waals surface area contributed by atoms with Gasteiger partial charge in [0.05, 0.1) is 0 Å². The van der Waals surface area contributed by atoms with E-state index < -0.39 is 0 Å². The number of ether oxygens (including phenoxy) is 1. The Morgan fingerprint density at radius 2 is 1.65 bits per heavy atom. The summed E-state index contributed by atoms with van der Waals surface area (Å²) >= 11 is 0. The van der Waals surface area contributed by atoms with Crippen molar-refractivity contribution in [3.05, 3.63) is 95.1 Å². The Morgan fingerprint density at radius 1 is 0.870 bits per heavy atom. The molecule has 0 bridgehead atoms. The third-order valence-electron chi connectivity index (χ3n) is 5.07. The van der Waals surface area contributed by atoms with Gasteiger partial charge in [0.1, 0.15) is 11.2 Å². The summed E-state index contributed by atoms with van der Waals surface area (Å²) in [4.78, 5) is 0. The van der Waals surface area contributed by atoms with Gasteiger partial charge in [0.2, 0.25) is 0 Å². The van der Waals surface area contributed by atoms with Gasteiger partial charge >= 0.3 is 0 Å². The van der Waals surface area contributed by atoms with E-state index in [4.69, 9.17) is 4.74 Å². The van der Waals surface area contributed by atoms with Crippen molar-refractivity contribution < 1.29 is 4.74 Å². The van der Waals surface area contributed by atoms with Gasteiger partial charge < -0.3 is 10.1 Å². The smallest absolute Gasteiger partial charge is 0.188 e. The second kappa shape index (κ2) is 4.39. The molecular weight excluding hydrogens is 282 g/mol. The van der Waals surface area contributed by atoms with Crippen molar-refractivity contribution in [2.75, 3.05) is 5.32 Å². The largest absolute Gasteiger partial charge is 0.469 e. The number of aryl methyl sites for hydroxylation is 1. The third-order valence-corrected chi connectivity index (χ3v) is 5.07. The minimum Gasteiger partial charge on any atom is -0.469 e. The fraction of sp³-hybridized carbons (Fsp3) is 0.143. The predicted octanol–water partition coefficient (Wildman–Crippen LogP) is 4.47. The summed E-state index contributed by atoms with van der Waals surface area (Å²) in [7, 11) is 0. The van der Waals surface area contributed by atoms with Crippen LogP contribution in [-0.4, -0.2) is 6.23 Å². The number of rotatable bonds is 1. The van der Waals surface area contributed by atoms with E-state index in [0.717, 1.165) is 11.4 Å². The van der Waals surface area contributed by atoms with Gasteiger partial charge in [-0.1, -0.05) is 66.2 Å². The summed E-state index contributed by atoms with van der Waals surface area (Å²) in [6.07, 6.45) is -0.0981. The molecule has 112 valence electrons. The zero-order chi connectivity index (χ0) is 15.4. The predicted molar refractivity (Wildman–Crippen MR) is 92.0 cm³/mol. The Balaban J connectivity index is 1.89. The van der Waals surface area contributed by atoms with Crippen molar-refractivity contribution in [3.8, 4) is 5.75 Å². The fourth-order valence-corrected chi connectivity index (χ4v) is 4.09. The van der Waals surface area contributed by atoms with E-state index in [0.29, 0.717) is 0 Å². The summed E-state index contributed by atoms with van der Waals surface area (Å²) in [5, 5.41) is 3.58. The Hall–Kier alpha value is -2.74. The number of hydrogen-bond donors (Lipinski definition) is 1. The van der Waals surface area contributed by atoms with E-state index in [-0.39, 0.29) is 11.6 Å². The Kier molecular flexibility index (Phi) is 2.44. The molecule has 2 nitrogen and oxygen atoms in total. The molecule has 0 saturated carbocycles. The summed E-state index contributed by atoms with van der Waals surface area (Å²) in [6.45, 7) is 2.14. The van der Waals surface area contributed by atoms with Crippen LogP contribution in [0.4, 0.5) is 5.69 Å². The van der Waals surface area contributed by atoms with Crippen molar-refractivity contribution in [1.82, 2.24) is 0 Å². The van der Waals surface area contributed by atoms with Crippen LogP contribution >= 0.6 is 0 Å². The van der Waals surface area contributed by atoms with Gasteiger partial charge in [0.15, 0.2) is 6.23 Å². The van der Waals surface area contributed by atoms with Crippen LogP contribution in [0.25, 0.3) is 0 Å². The van der Waals surface area contributed by atoms with E-state index in [1.54, 1.807) is 0 Å². The maximum Gasteiger partial charge on any atom is 0.188 e. The van der Waals surface area contributed by atoms with Gasteiger partial charge in [-0.05, 0) is 30.2 Å². The van der Waals surface area contributed by atoms with Crippen molar-refractivity contribution in [3.63, 3.8) is 0 Å². The van der Waals surface area contributed by atoms with Gasteiger partial charge in [-0.25, -0.2) is 0 Å². The number of fused-ring (bicyclic) bond motifs is 5. The summed E-state index contributed by atoms with van der Waals surface area (Å²) in [5.74, 6) is 0.978. The molecule has 0 unspecified atom stereocenters. The van der Waals surface area contributed by atoms with Crippen molar-refractivity contribution in [1.29, 1.82) is 0 Å². The average Bonchev–Trinajstić information content (AvgIpc) is 3.07. The third kappa shape index (κ3) is 1.53. The zero-order valence-corrected chi connectivity index (χ0v) is 12.9. The molecule has 2 atom stereocenters. The summed E-state index contributed by atoms with van der Waals surface area (Å²) < 4.78 is 6.32. The van der Waals surface area contributed by atoms with Crippen molar-refractivity contribution >= 4 is 5.69 Å². The highest BCUT2D eigenvalue weighted by Gasteiger charge is 2.56. The number of nitrogens with one attached hydrogen (secondary N) is 1. The molecule has 0 aliphatic carbocycles. The quantitative estimate of drug-likeness (QED) is 0.715. The van der Waals surface area contributed by atoms with Crippen LogP contribution in [0.5, 0.6) is 5.75 Å². The second-order valence-corrected chi connectivity index (χ2v) is 6.36. The molecule has 0 amide bonds. The van der Waals surface area contributed by atoms with Crippen LogP contribution < -0.4 is 10.1 Å². The zero-order valence-electron chi connectivity index (χ0n) is 12.9. The highest BCUT2D eigenvalue weighted by atomic mass is 16.5. The van der Waals surface area contributed by atoms with E-state index >= 15 is 0 Å². The molecular formula is C21H17NO. The van der Waals surface area contributed by atoms with Gasteiger partial charge in [-0.15, -0.1) is 0 Å². The maximum atomic E-state index is 6.32. The Labute approximate surface area is 135 Å². The SMILES string of the molecule is Cc1ccc2c(c1)[C@]1(c3ccccc3)c3ccccc3N[C@H]1O2. The van der Waals surface area contributed by atoms with Crippen LogP contribution in [0, 0.1) is 6.92 Å². The van der Waals surface area contributed by atoms with Crippen LogP contribution in [0.15, 0.2) is 72.8 Å². The minimum atomic E-state index is -0.279. The molecule has 1 N–H and O–H groups in total. The van der Waals surface area contributed by atoms with Crippen LogP contribution in [0.1, 0.15) is 22.3 Å². The molecule has 0 aromatic heterocycles. The molecule has 2 heteroatoms. The van der Waals surface area contributed by atoms with Crippen LogP contribution in [0.3, 0.4) is 0 Å². The van der Waals surface area contributed by atoms with E-state index in [2.05, 4.69) is 85.0 Å². The second-order valence-electron chi connectivity index (χ2n) is 6.36. The van der Waals surface area contributed by atoms with E-state index in [9.17, 15) is 0 Å². The van der Waals surface area contributed by atoms with Crippen LogP contribution in [0.2, 0.25) is 0 Å². The Bertz CT molecular complexity index is 903. The molecule has 0 saturated heterocycles. The molecule has 3 aromatic carbocycles. The number of anilines is 1. The normalized spacial score (nSPS) is 23.4. The van der Waals surface area contributed by atoms with Gasteiger partial charge in [0.25, 0.3) is 0 Å². The molecule has 0 fully saturated rings. The van der Waals surface area contributed by atoms with E-state index in [1.807, 2.05) is 0 Å². The summed E-state index contributed by atoms with van der Waals surface area (Å²) in [5.41, 5.74) is 5.96. The lowest BCUT2D eigenvalue weighted by atomic mass is 9.70. The first-order valence-electron chi connectivity index (χ1n) is 7.99. The minimum absolute atomic E-state index is 0.0981. The first-order chi connectivity index (χ1) is 11.3. The molecule has 2 aliphatic rings. The van der Waals surface area contributed by atoms with Gasteiger partial charge in [-0.2, -0.15) is 0 Å². The highest BCUT2D eigenvalue weighted by Crippen LogP contribution is 2.57. The lowest BCUT2D eigenvalue weighted by molar-refractivity contribution is 0.226. The Morgan fingerprint density at radius 3 is 2.52 bits per heavy atom.